The van der Waals surface area contributed by atoms with Gasteiger partial charge in [0.15, 0.2) is 0 Å². The summed E-state index contributed by atoms with van der Waals surface area (Å²) < 4.78 is 0. The molecule has 3 aromatic rings. The Morgan fingerprint density at radius 2 is 1.50 bits per heavy atom. The number of amides is 2. The van der Waals surface area contributed by atoms with Gasteiger partial charge < -0.3 is 10.2 Å². The van der Waals surface area contributed by atoms with E-state index in [0.717, 1.165) is 22.4 Å². The molecule has 28 heavy (non-hydrogen) atoms. The Balaban J connectivity index is 1.64. The Bertz CT molecular complexity index is 948. The summed E-state index contributed by atoms with van der Waals surface area (Å²) in [5.74, 6) is -0.0610. The third kappa shape index (κ3) is 5.07. The maximum atomic E-state index is 12.6. The number of hydrogen-bond acceptors (Lipinski definition) is 2. The summed E-state index contributed by atoms with van der Waals surface area (Å²) in [5.41, 5.74) is 4.55. The van der Waals surface area contributed by atoms with E-state index in [-0.39, 0.29) is 11.8 Å². The summed E-state index contributed by atoms with van der Waals surface area (Å²) in [7, 11) is 3.50. The lowest BCUT2D eigenvalue weighted by Crippen LogP contribution is -2.21. The highest BCUT2D eigenvalue weighted by Crippen LogP contribution is 2.20. The molecular formula is C24H24N2O2. The minimum Gasteiger partial charge on any atom is -0.349 e. The van der Waals surface area contributed by atoms with Gasteiger partial charge in [0, 0.05) is 31.8 Å². The Kier molecular flexibility index (Phi) is 6.22. The summed E-state index contributed by atoms with van der Waals surface area (Å²) in [6.45, 7) is 0. The van der Waals surface area contributed by atoms with Crippen LogP contribution in [0.2, 0.25) is 0 Å². The molecule has 0 atom stereocenters. The van der Waals surface area contributed by atoms with Gasteiger partial charge in [0.1, 0.15) is 0 Å². The van der Waals surface area contributed by atoms with Gasteiger partial charge in [-0.2, -0.15) is 0 Å². The smallest absolute Gasteiger partial charge is 0.255 e. The minimum absolute atomic E-state index is 0.0907. The molecule has 0 aliphatic heterocycles. The van der Waals surface area contributed by atoms with Gasteiger partial charge in [-0.15, -0.1) is 0 Å². The second kappa shape index (κ2) is 9.00. The molecule has 0 saturated carbocycles. The van der Waals surface area contributed by atoms with Crippen molar-refractivity contribution < 1.29 is 9.59 Å². The highest BCUT2D eigenvalue weighted by Gasteiger charge is 2.08. The first kappa shape index (κ1) is 19.4. The lowest BCUT2D eigenvalue weighted by molar-refractivity contribution is -0.128. The van der Waals surface area contributed by atoms with Crippen molar-refractivity contribution in [2.45, 2.75) is 12.8 Å². The van der Waals surface area contributed by atoms with E-state index in [4.69, 9.17) is 0 Å². The van der Waals surface area contributed by atoms with E-state index >= 15 is 0 Å². The third-order valence-corrected chi connectivity index (χ3v) is 4.57. The molecule has 0 aliphatic rings. The zero-order chi connectivity index (χ0) is 19.9. The highest BCUT2D eigenvalue weighted by molar-refractivity contribution is 6.04. The molecule has 1 N–H and O–H groups in total. The summed E-state index contributed by atoms with van der Waals surface area (Å²) in [4.78, 5) is 25.9. The SMILES string of the molecule is CN(C)C(=O)CCc1cccc(NC(=O)c2ccc(-c3ccccc3)cc2)c1. The molecule has 3 aromatic carbocycles. The molecule has 0 aliphatic carbocycles. The predicted molar refractivity (Wildman–Crippen MR) is 113 cm³/mol. The fraction of sp³-hybridized carbons (Fsp3) is 0.167. The number of rotatable bonds is 6. The zero-order valence-electron chi connectivity index (χ0n) is 16.2. The topological polar surface area (TPSA) is 49.4 Å². The molecule has 4 nitrogen and oxygen atoms in total. The van der Waals surface area contributed by atoms with Gasteiger partial charge in [0.05, 0.1) is 0 Å². The summed E-state index contributed by atoms with van der Waals surface area (Å²) in [6.07, 6.45) is 1.10. The van der Waals surface area contributed by atoms with Crippen molar-refractivity contribution in [1.82, 2.24) is 4.90 Å². The predicted octanol–water partition coefficient (Wildman–Crippen LogP) is 4.63. The van der Waals surface area contributed by atoms with Gasteiger partial charge in [-0.1, -0.05) is 54.6 Å². The fourth-order valence-electron chi connectivity index (χ4n) is 2.93. The van der Waals surface area contributed by atoms with Gasteiger partial charge >= 0.3 is 0 Å². The molecule has 0 radical (unpaired) electrons. The Morgan fingerprint density at radius 3 is 2.18 bits per heavy atom. The number of aryl methyl sites for hydroxylation is 1. The largest absolute Gasteiger partial charge is 0.349 e. The lowest BCUT2D eigenvalue weighted by atomic mass is 10.0. The van der Waals surface area contributed by atoms with Crippen molar-refractivity contribution >= 4 is 17.5 Å². The average Bonchev–Trinajstić information content (AvgIpc) is 2.73. The van der Waals surface area contributed by atoms with Gasteiger partial charge in [0.25, 0.3) is 5.91 Å². The van der Waals surface area contributed by atoms with Crippen LogP contribution < -0.4 is 5.32 Å². The van der Waals surface area contributed by atoms with Crippen LogP contribution in [0.25, 0.3) is 11.1 Å². The first-order valence-electron chi connectivity index (χ1n) is 9.29. The normalized spacial score (nSPS) is 10.4. The lowest BCUT2D eigenvalue weighted by Gasteiger charge is -2.11. The summed E-state index contributed by atoms with van der Waals surface area (Å²) in [6, 6.07) is 25.3. The number of anilines is 1. The van der Waals surface area contributed by atoms with Crippen LogP contribution in [0.15, 0.2) is 78.9 Å². The van der Waals surface area contributed by atoms with Crippen molar-refractivity contribution in [2.24, 2.45) is 0 Å². The molecule has 3 rings (SSSR count). The summed E-state index contributed by atoms with van der Waals surface area (Å²) in [5, 5.41) is 2.93. The van der Waals surface area contributed by atoms with Crippen LogP contribution in [0.3, 0.4) is 0 Å². The van der Waals surface area contributed by atoms with E-state index in [1.807, 2.05) is 78.9 Å². The first-order valence-corrected chi connectivity index (χ1v) is 9.29. The van der Waals surface area contributed by atoms with E-state index in [0.29, 0.717) is 18.4 Å². The molecule has 0 saturated heterocycles. The van der Waals surface area contributed by atoms with Crippen LogP contribution in [0.4, 0.5) is 5.69 Å². The van der Waals surface area contributed by atoms with Gasteiger partial charge in [-0.25, -0.2) is 0 Å². The quantitative estimate of drug-likeness (QED) is 0.686. The Morgan fingerprint density at radius 1 is 0.821 bits per heavy atom. The average molecular weight is 372 g/mol. The molecular weight excluding hydrogens is 348 g/mol. The van der Waals surface area contributed by atoms with E-state index < -0.39 is 0 Å². The van der Waals surface area contributed by atoms with E-state index in [2.05, 4.69) is 5.32 Å². The van der Waals surface area contributed by atoms with Gasteiger partial charge in [-0.05, 0) is 47.4 Å². The van der Waals surface area contributed by atoms with E-state index in [1.54, 1.807) is 19.0 Å². The molecule has 0 bridgehead atoms. The molecule has 0 spiro atoms. The standard InChI is InChI=1S/C24H24N2O2/c1-26(2)23(27)16-11-18-7-6-10-22(17-18)25-24(28)21-14-12-20(13-15-21)19-8-4-3-5-9-19/h3-10,12-15,17H,11,16H2,1-2H3,(H,25,28). The second-order valence-electron chi connectivity index (χ2n) is 6.89. The third-order valence-electron chi connectivity index (χ3n) is 4.57. The zero-order valence-corrected chi connectivity index (χ0v) is 16.2. The number of hydrogen-bond donors (Lipinski definition) is 1. The second-order valence-corrected chi connectivity index (χ2v) is 6.89. The van der Waals surface area contributed by atoms with Crippen LogP contribution in [-0.2, 0) is 11.2 Å². The molecule has 0 fully saturated rings. The molecule has 4 heteroatoms. The number of nitrogens with one attached hydrogen (secondary N) is 1. The number of carbonyl (C=O) groups excluding carboxylic acids is 2. The van der Waals surface area contributed by atoms with Crippen LogP contribution in [-0.4, -0.2) is 30.8 Å². The first-order chi connectivity index (χ1) is 13.5. The monoisotopic (exact) mass is 372 g/mol. The van der Waals surface area contributed by atoms with Crippen molar-refractivity contribution in [3.05, 3.63) is 90.0 Å². The van der Waals surface area contributed by atoms with Crippen LogP contribution >= 0.6 is 0 Å². The maximum Gasteiger partial charge on any atom is 0.255 e. The molecule has 142 valence electrons. The molecule has 0 unspecified atom stereocenters. The van der Waals surface area contributed by atoms with E-state index in [9.17, 15) is 9.59 Å². The molecule has 2 amide bonds. The van der Waals surface area contributed by atoms with Crippen molar-refractivity contribution in [1.29, 1.82) is 0 Å². The summed E-state index contributed by atoms with van der Waals surface area (Å²) >= 11 is 0. The van der Waals surface area contributed by atoms with Gasteiger partial charge in [0.2, 0.25) is 5.91 Å². The van der Waals surface area contributed by atoms with Crippen LogP contribution in [0, 0.1) is 0 Å². The van der Waals surface area contributed by atoms with Crippen molar-refractivity contribution in [2.75, 3.05) is 19.4 Å². The van der Waals surface area contributed by atoms with E-state index in [1.165, 1.54) is 0 Å². The van der Waals surface area contributed by atoms with Crippen molar-refractivity contribution in [3.63, 3.8) is 0 Å². The van der Waals surface area contributed by atoms with Crippen molar-refractivity contribution in [3.8, 4) is 11.1 Å². The van der Waals surface area contributed by atoms with Crippen LogP contribution in [0.1, 0.15) is 22.3 Å². The molecule has 0 heterocycles. The minimum atomic E-state index is -0.152. The number of nitrogens with zero attached hydrogens (tertiary/aromatic N) is 1. The number of benzene rings is 3. The van der Waals surface area contributed by atoms with Gasteiger partial charge in [-0.3, -0.25) is 9.59 Å². The maximum absolute atomic E-state index is 12.6. The Hall–Kier alpha value is -3.40. The fourth-order valence-corrected chi connectivity index (χ4v) is 2.93. The Labute approximate surface area is 165 Å². The molecule has 0 aromatic heterocycles. The highest BCUT2D eigenvalue weighted by atomic mass is 16.2. The van der Waals surface area contributed by atoms with Crippen LogP contribution in [0.5, 0.6) is 0 Å². The number of carbonyl (C=O) groups is 2.